The van der Waals surface area contributed by atoms with Gasteiger partial charge in [-0.3, -0.25) is 19.5 Å². The fourth-order valence-corrected chi connectivity index (χ4v) is 8.14. The van der Waals surface area contributed by atoms with Gasteiger partial charge in [-0.15, -0.1) is 34.9 Å². The molecule has 0 saturated carbocycles. The van der Waals surface area contributed by atoms with Crippen LogP contribution < -0.4 is 11.1 Å². The lowest BCUT2D eigenvalue weighted by Crippen LogP contribution is -2.71. The van der Waals surface area contributed by atoms with E-state index in [0.717, 1.165) is 35.0 Å². The van der Waals surface area contributed by atoms with Gasteiger partial charge in [0.2, 0.25) is 0 Å². The van der Waals surface area contributed by atoms with Gasteiger partial charge in [0, 0.05) is 41.1 Å². The number of carbonyl (C=O) groups is 4. The van der Waals surface area contributed by atoms with Crippen molar-refractivity contribution in [3.8, 4) is 0 Å². The number of hydrogen-bond donors (Lipinski definition) is 2. The van der Waals surface area contributed by atoms with E-state index in [0.29, 0.717) is 16.4 Å². The van der Waals surface area contributed by atoms with Gasteiger partial charge in [0.15, 0.2) is 16.9 Å². The number of fused-ring (bicyclic) bond motifs is 1. The lowest BCUT2D eigenvalue weighted by molar-refractivity contribution is -0.154. The molecule has 2 aliphatic rings. The summed E-state index contributed by atoms with van der Waals surface area (Å²) in [6, 6.07) is 21.5. The molecule has 2 aliphatic heterocycles. The summed E-state index contributed by atoms with van der Waals surface area (Å²) in [6.07, 6.45) is 2.66. The van der Waals surface area contributed by atoms with Gasteiger partial charge < -0.3 is 20.6 Å². The molecule has 0 bridgehead atoms. The zero-order chi connectivity index (χ0) is 33.6. The van der Waals surface area contributed by atoms with Crippen LogP contribution in [0.25, 0.3) is 0 Å². The number of carbonyl (C=O) groups excluding carboxylic acids is 4. The average Bonchev–Trinajstić information content (AvgIpc) is 3.54. The Morgan fingerprint density at radius 1 is 1.06 bits per heavy atom. The predicted octanol–water partition coefficient (Wildman–Crippen LogP) is 4.27. The molecule has 2 aromatic heterocycles. The summed E-state index contributed by atoms with van der Waals surface area (Å²) in [5.74, 6) is -1.78. The third-order valence-electron chi connectivity index (χ3n) is 7.25. The minimum atomic E-state index is -1.00. The van der Waals surface area contributed by atoms with E-state index < -0.39 is 41.3 Å². The number of hydrogen-bond acceptors (Lipinski definition) is 13. The number of anilines is 1. The highest BCUT2D eigenvalue weighted by Gasteiger charge is 2.55. The van der Waals surface area contributed by atoms with Crippen LogP contribution in [0, 0.1) is 0 Å². The maximum absolute atomic E-state index is 14.2. The van der Waals surface area contributed by atoms with E-state index in [1.807, 2.05) is 72.8 Å². The number of β-lactam (4-membered cyclic amide) rings is 1. The highest BCUT2D eigenvalue weighted by molar-refractivity contribution is 8.05. The van der Waals surface area contributed by atoms with Gasteiger partial charge in [0.05, 0.1) is 0 Å². The van der Waals surface area contributed by atoms with E-state index >= 15 is 0 Å². The van der Waals surface area contributed by atoms with Crippen molar-refractivity contribution in [2.45, 2.75) is 30.2 Å². The average molecular weight is 701 g/mol. The first-order chi connectivity index (χ1) is 23.3. The van der Waals surface area contributed by atoms with Crippen LogP contribution in [0.15, 0.2) is 106 Å². The number of amides is 2. The second-order valence-corrected chi connectivity index (χ2v) is 13.5. The van der Waals surface area contributed by atoms with Crippen molar-refractivity contribution in [2.75, 3.05) is 11.5 Å². The molecule has 2 atom stereocenters. The molecule has 0 radical (unpaired) electrons. The molecular formula is C33H28N6O6S3. The second-order valence-electron chi connectivity index (χ2n) is 10.5. The summed E-state index contributed by atoms with van der Waals surface area (Å²) in [5, 5.41) is 7.40. The molecule has 0 aliphatic carbocycles. The van der Waals surface area contributed by atoms with Crippen molar-refractivity contribution in [1.82, 2.24) is 20.2 Å². The number of esters is 1. The molecule has 15 heteroatoms. The summed E-state index contributed by atoms with van der Waals surface area (Å²) in [6.45, 7) is 1.14. The number of thioether (sulfide) groups is 2. The molecule has 4 aromatic rings. The van der Waals surface area contributed by atoms with Gasteiger partial charge in [0.25, 0.3) is 11.8 Å². The third-order valence-corrected chi connectivity index (χ3v) is 10.6. The number of ether oxygens (including phenoxy) is 1. The molecular weight excluding hydrogens is 673 g/mol. The molecule has 244 valence electrons. The molecule has 0 unspecified atom stereocenters. The smallest absolute Gasteiger partial charge is 0.356 e. The largest absolute Gasteiger partial charge is 0.448 e. The van der Waals surface area contributed by atoms with Crippen molar-refractivity contribution in [2.24, 2.45) is 5.16 Å². The van der Waals surface area contributed by atoms with Gasteiger partial charge >= 0.3 is 11.9 Å². The van der Waals surface area contributed by atoms with Crippen LogP contribution in [-0.4, -0.2) is 61.5 Å². The van der Waals surface area contributed by atoms with Crippen LogP contribution >= 0.6 is 34.9 Å². The quantitative estimate of drug-likeness (QED) is 0.0755. The molecule has 4 heterocycles. The molecule has 12 nitrogen and oxygen atoms in total. The molecule has 6 rings (SSSR count). The number of oxime groups is 1. The van der Waals surface area contributed by atoms with Crippen LogP contribution in [0.2, 0.25) is 0 Å². The summed E-state index contributed by atoms with van der Waals surface area (Å²) in [5.41, 5.74) is 8.18. The van der Waals surface area contributed by atoms with Gasteiger partial charge in [-0.05, 0) is 28.8 Å². The van der Waals surface area contributed by atoms with Crippen molar-refractivity contribution in [3.05, 3.63) is 124 Å². The van der Waals surface area contributed by atoms with Gasteiger partial charge in [-0.25, -0.2) is 14.6 Å². The first kappa shape index (κ1) is 32.9. The molecule has 2 amide bonds. The second kappa shape index (κ2) is 14.8. The Bertz CT molecular complexity index is 1850. The first-order valence-corrected chi connectivity index (χ1v) is 17.5. The van der Waals surface area contributed by atoms with E-state index in [9.17, 15) is 19.2 Å². The van der Waals surface area contributed by atoms with Gasteiger partial charge in [-0.1, -0.05) is 65.8 Å². The highest BCUT2D eigenvalue weighted by Crippen LogP contribution is 2.45. The SMILES string of the molecule is CC(=O)O/N=C(/C(=O)N[C@@H]1C(=O)N2C(C(=O)OC(c3ccccc3)c3ccccc3)=C(SCc3ccncc3)CS[C@H]12)c1csc(N)n1. The Labute approximate surface area is 287 Å². The Balaban J connectivity index is 1.28. The van der Waals surface area contributed by atoms with E-state index in [1.165, 1.54) is 33.8 Å². The monoisotopic (exact) mass is 700 g/mol. The lowest BCUT2D eigenvalue weighted by atomic mass is 10.0. The zero-order valence-corrected chi connectivity index (χ0v) is 27.8. The minimum absolute atomic E-state index is 0.0861. The van der Waals surface area contributed by atoms with E-state index in [4.69, 9.17) is 15.3 Å². The van der Waals surface area contributed by atoms with Crippen molar-refractivity contribution in [3.63, 3.8) is 0 Å². The van der Waals surface area contributed by atoms with E-state index in [1.54, 1.807) is 12.4 Å². The van der Waals surface area contributed by atoms with Crippen molar-refractivity contribution < 1.29 is 28.8 Å². The lowest BCUT2D eigenvalue weighted by Gasteiger charge is -2.49. The Hall–Kier alpha value is -4.99. The third kappa shape index (κ3) is 7.27. The van der Waals surface area contributed by atoms with Crippen LogP contribution in [0.5, 0.6) is 0 Å². The maximum atomic E-state index is 14.2. The summed E-state index contributed by atoms with van der Waals surface area (Å²) < 4.78 is 6.22. The fraction of sp³-hybridized carbons (Fsp3) is 0.182. The number of aromatic nitrogens is 2. The van der Waals surface area contributed by atoms with Crippen molar-refractivity contribution in [1.29, 1.82) is 0 Å². The normalized spacial score (nSPS) is 17.4. The zero-order valence-electron chi connectivity index (χ0n) is 25.3. The van der Waals surface area contributed by atoms with Crippen LogP contribution in [0.4, 0.5) is 5.13 Å². The van der Waals surface area contributed by atoms with E-state index in [2.05, 4.69) is 20.4 Å². The van der Waals surface area contributed by atoms with E-state index in [-0.39, 0.29) is 22.2 Å². The Morgan fingerprint density at radius 2 is 1.73 bits per heavy atom. The van der Waals surface area contributed by atoms with Crippen LogP contribution in [0.3, 0.4) is 0 Å². The topological polar surface area (TPSA) is 166 Å². The number of pyridine rings is 1. The first-order valence-electron chi connectivity index (χ1n) is 14.6. The molecule has 1 fully saturated rings. The van der Waals surface area contributed by atoms with Crippen LogP contribution in [0.1, 0.15) is 35.4 Å². The van der Waals surface area contributed by atoms with Crippen molar-refractivity contribution >= 4 is 69.5 Å². The summed E-state index contributed by atoms with van der Waals surface area (Å²) >= 11 is 3.92. The van der Waals surface area contributed by atoms with Gasteiger partial charge in [-0.2, -0.15) is 0 Å². The number of nitrogens with one attached hydrogen (secondary N) is 1. The summed E-state index contributed by atoms with van der Waals surface area (Å²) in [7, 11) is 0. The molecule has 2 aromatic carbocycles. The molecule has 0 spiro atoms. The summed E-state index contributed by atoms with van der Waals surface area (Å²) in [4.78, 5) is 67.8. The number of nitrogens with zero attached hydrogens (tertiary/aromatic N) is 4. The number of nitrogen functional groups attached to an aromatic ring is 1. The minimum Gasteiger partial charge on any atom is -0.448 e. The number of rotatable bonds is 11. The highest BCUT2D eigenvalue weighted by atomic mass is 32.2. The van der Waals surface area contributed by atoms with Gasteiger partial charge in [0.1, 0.15) is 22.8 Å². The molecule has 1 saturated heterocycles. The standard InChI is InChI=1S/C33H28N6O6S3/c1-19(40)45-38-25(23-17-48-33(34)36-23)29(41)37-26-30(42)39-27(24(18-47-31(26)39)46-16-20-12-14-35-15-13-20)32(43)44-28(21-8-4-2-5-9-21)22-10-6-3-7-11-22/h2-15,17,26,28,31H,16,18H2,1H3,(H2,34,36)(H,37,41)/b38-25+/t26-,31-/m1/s1. The number of thiazole rings is 1. The Kier molecular flexibility index (Phi) is 10.2. The number of nitrogens with two attached hydrogens (primary N) is 1. The number of benzene rings is 2. The molecule has 3 N–H and O–H groups in total. The molecule has 48 heavy (non-hydrogen) atoms. The fourth-order valence-electron chi connectivity index (χ4n) is 5.01. The van der Waals surface area contributed by atoms with Crippen LogP contribution in [-0.2, 0) is 34.5 Å². The maximum Gasteiger partial charge on any atom is 0.356 e. The predicted molar refractivity (Wildman–Crippen MR) is 183 cm³/mol. The Morgan fingerprint density at radius 3 is 2.33 bits per heavy atom.